The second kappa shape index (κ2) is 11.9. The molecule has 1 saturated heterocycles. The first-order valence-electron chi connectivity index (χ1n) is 15.3. The lowest BCUT2D eigenvalue weighted by molar-refractivity contribution is -0.218. The van der Waals surface area contributed by atoms with Crippen molar-refractivity contribution in [2.45, 2.75) is 88.2 Å². The maximum absolute atomic E-state index is 13.4. The van der Waals surface area contributed by atoms with Crippen LogP contribution in [0.25, 0.3) is 0 Å². The number of nitrogens with one attached hydrogen (secondary N) is 3. The largest absolute Gasteiger partial charge is 0.485 e. The van der Waals surface area contributed by atoms with Gasteiger partial charge in [-0.05, 0) is 82.1 Å². The summed E-state index contributed by atoms with van der Waals surface area (Å²) in [5, 5.41) is 30.2. The van der Waals surface area contributed by atoms with Crippen molar-refractivity contribution in [1.29, 1.82) is 5.41 Å². The van der Waals surface area contributed by atoms with Crippen LogP contribution in [-0.4, -0.2) is 92.8 Å². The molecule has 49 heavy (non-hydrogen) atoms. The molecule has 1 spiro atoms. The zero-order valence-electron chi connectivity index (χ0n) is 26.6. The number of nitrogens with two attached hydrogens (primary N) is 2. The number of ether oxygens (including phenoxy) is 1. The van der Waals surface area contributed by atoms with Gasteiger partial charge in [-0.3, -0.25) is 19.6 Å². The van der Waals surface area contributed by atoms with Gasteiger partial charge < -0.3 is 36.8 Å². The van der Waals surface area contributed by atoms with Crippen molar-refractivity contribution in [1.82, 2.24) is 20.7 Å². The lowest BCUT2D eigenvalue weighted by Crippen LogP contribution is -2.76. The minimum Gasteiger partial charge on any atom is -0.485 e. The standard InChI is InChI=1S/C29H36N8O10S2/c1-27(2)21(24(39)37(27)47-49(42,43)44)35-23(38)20(16-12-48-26(32)34-16)36-46-28(3,25(40)41)19-7-5-13-8-14(4-6-17(13)45-19)22(31)33-15-9-29(10-15)11-18(29)30/h4,6,8,12,15,18-19,21H,5,7,9-11,30H2,1-3H3,(H2,31,33)(H2,32,34)(H,35,38)(H,40,41)(H,42,43,44)/b36-20-/t15?,18-,19-,21-,28?,29?/m1/s1. The summed E-state index contributed by atoms with van der Waals surface area (Å²) < 4.78 is 41.7. The average Bonchev–Trinajstić information content (AvgIpc) is 3.50. The number of aryl methyl sites for hydroxylation is 1. The van der Waals surface area contributed by atoms with E-state index in [2.05, 4.69) is 25.1 Å². The molecule has 2 aliphatic heterocycles. The Morgan fingerprint density at radius 3 is 2.53 bits per heavy atom. The fourth-order valence-electron chi connectivity index (χ4n) is 6.49. The highest BCUT2D eigenvalue weighted by molar-refractivity contribution is 7.80. The Labute approximate surface area is 284 Å². The molecule has 0 bridgehead atoms. The van der Waals surface area contributed by atoms with E-state index >= 15 is 0 Å². The van der Waals surface area contributed by atoms with Crippen LogP contribution in [0.1, 0.15) is 63.3 Å². The number of aromatic nitrogens is 1. The number of aliphatic carboxylic acids is 1. The normalized spacial score (nSPS) is 28.2. The first-order valence-corrected chi connectivity index (χ1v) is 17.5. The quantitative estimate of drug-likeness (QED) is 0.0541. The zero-order valence-corrected chi connectivity index (χ0v) is 28.3. The number of carboxylic acids is 1. The Hall–Kier alpha value is -4.37. The third-order valence-corrected chi connectivity index (χ3v) is 10.7. The van der Waals surface area contributed by atoms with Gasteiger partial charge in [-0.2, -0.15) is 13.5 Å². The summed E-state index contributed by atoms with van der Waals surface area (Å²) in [4.78, 5) is 48.3. The Kier molecular flexibility index (Phi) is 8.38. The van der Waals surface area contributed by atoms with E-state index in [-0.39, 0.29) is 40.6 Å². The number of hydrogen-bond donors (Lipinski definition) is 7. The second-order valence-corrected chi connectivity index (χ2v) is 15.4. The number of rotatable bonds is 11. The monoisotopic (exact) mass is 720 g/mol. The molecule has 20 heteroatoms. The molecular weight excluding hydrogens is 684 g/mol. The number of benzene rings is 1. The van der Waals surface area contributed by atoms with Crippen LogP contribution in [0.3, 0.4) is 0 Å². The number of amides is 2. The number of hydrogen-bond acceptors (Lipinski definition) is 14. The van der Waals surface area contributed by atoms with Crippen molar-refractivity contribution < 1.29 is 46.3 Å². The number of β-lactam (4-membered cyclic amide) rings is 1. The number of anilines is 1. The van der Waals surface area contributed by atoms with E-state index in [1.807, 2.05) is 6.07 Å². The van der Waals surface area contributed by atoms with Crippen molar-refractivity contribution >= 4 is 56.2 Å². The topological polar surface area (TPSA) is 282 Å². The number of amidine groups is 1. The van der Waals surface area contributed by atoms with E-state index in [1.54, 1.807) is 12.1 Å². The molecule has 1 aromatic carbocycles. The van der Waals surface area contributed by atoms with Crippen LogP contribution in [0.15, 0.2) is 28.7 Å². The van der Waals surface area contributed by atoms with Crippen LogP contribution in [-0.2, 0) is 40.3 Å². The van der Waals surface area contributed by atoms with Gasteiger partial charge in [0, 0.05) is 23.0 Å². The summed E-state index contributed by atoms with van der Waals surface area (Å²) in [7, 11) is -5.03. The van der Waals surface area contributed by atoms with Gasteiger partial charge in [0.25, 0.3) is 17.4 Å². The van der Waals surface area contributed by atoms with E-state index < -0.39 is 57.2 Å². The molecule has 2 amide bonds. The van der Waals surface area contributed by atoms with Crippen LogP contribution in [0.4, 0.5) is 5.13 Å². The summed E-state index contributed by atoms with van der Waals surface area (Å²) in [5.74, 6) is -2.76. The maximum Gasteiger partial charge on any atom is 0.418 e. The second-order valence-electron chi connectivity index (χ2n) is 13.5. The van der Waals surface area contributed by atoms with Crippen molar-refractivity contribution in [3.05, 3.63) is 40.4 Å². The smallest absolute Gasteiger partial charge is 0.418 e. The van der Waals surface area contributed by atoms with Gasteiger partial charge in [-0.1, -0.05) is 5.16 Å². The predicted molar refractivity (Wildman–Crippen MR) is 173 cm³/mol. The fraction of sp³-hybridized carbons (Fsp3) is 0.517. The van der Waals surface area contributed by atoms with Gasteiger partial charge in [0.2, 0.25) is 0 Å². The molecule has 2 aromatic rings. The zero-order chi connectivity index (χ0) is 35.7. The molecule has 0 radical (unpaired) electrons. The van der Waals surface area contributed by atoms with Crippen molar-refractivity contribution in [3.63, 3.8) is 0 Å². The average molecular weight is 721 g/mol. The summed E-state index contributed by atoms with van der Waals surface area (Å²) in [6, 6.07) is 4.33. The molecule has 6 rings (SSSR count). The molecule has 2 saturated carbocycles. The molecule has 264 valence electrons. The lowest BCUT2D eigenvalue weighted by Gasteiger charge is -2.50. The Morgan fingerprint density at radius 1 is 1.27 bits per heavy atom. The van der Waals surface area contributed by atoms with Crippen molar-refractivity contribution in [2.24, 2.45) is 16.3 Å². The predicted octanol–water partition coefficient (Wildman–Crippen LogP) is 0.318. The first kappa shape index (κ1) is 34.5. The SMILES string of the molecule is CC(O/N=C(\C(=O)N[C@@H]1C(=O)N(OS(=O)(=O)O)C1(C)C)c1csc(N)n1)(C(=O)O)[C@H]1CCc2cc(C(=N)NC3CC4(C3)C[C@H]4N)ccc2O1. The van der Waals surface area contributed by atoms with E-state index in [1.165, 1.54) is 26.2 Å². The van der Waals surface area contributed by atoms with E-state index in [0.29, 0.717) is 22.8 Å². The van der Waals surface area contributed by atoms with Gasteiger partial charge in [0.15, 0.2) is 16.9 Å². The number of carbonyl (C=O) groups is 3. The van der Waals surface area contributed by atoms with Gasteiger partial charge in [0.1, 0.15) is 23.3 Å². The summed E-state index contributed by atoms with van der Waals surface area (Å²) >= 11 is 0.964. The van der Waals surface area contributed by atoms with Crippen LogP contribution >= 0.6 is 11.3 Å². The molecular formula is C29H36N8O10S2. The number of hydroxylamine groups is 2. The van der Waals surface area contributed by atoms with E-state index in [9.17, 15) is 27.9 Å². The number of carboxylic acid groups (broad SMARTS) is 1. The summed E-state index contributed by atoms with van der Waals surface area (Å²) in [5.41, 5.74) is 9.32. The molecule has 1 aromatic heterocycles. The van der Waals surface area contributed by atoms with Crippen molar-refractivity contribution in [3.8, 4) is 5.75 Å². The van der Waals surface area contributed by atoms with Gasteiger partial charge in [0.05, 0.1) is 5.54 Å². The van der Waals surface area contributed by atoms with Gasteiger partial charge in [-0.25, -0.2) is 9.78 Å². The number of nitrogen functional groups attached to an aromatic ring is 1. The number of thiazole rings is 1. The summed E-state index contributed by atoms with van der Waals surface area (Å²) in [6.45, 7) is 3.98. The minimum absolute atomic E-state index is 0.0582. The Bertz CT molecular complexity index is 1870. The fourth-order valence-corrected chi connectivity index (χ4v) is 7.49. The molecule has 4 aliphatic rings. The lowest BCUT2D eigenvalue weighted by atomic mass is 9.76. The summed E-state index contributed by atoms with van der Waals surface area (Å²) in [6.07, 6.45) is 2.45. The Morgan fingerprint density at radius 2 is 1.96 bits per heavy atom. The number of fused-ring (bicyclic) bond motifs is 1. The van der Waals surface area contributed by atoms with Crippen molar-refractivity contribution in [2.75, 3.05) is 5.73 Å². The molecule has 9 N–H and O–H groups in total. The minimum atomic E-state index is -5.03. The maximum atomic E-state index is 13.4. The van der Waals surface area contributed by atoms with Gasteiger partial charge in [-0.15, -0.1) is 15.6 Å². The third kappa shape index (κ3) is 6.41. The molecule has 1 unspecified atom stereocenters. The molecule has 2 aliphatic carbocycles. The highest BCUT2D eigenvalue weighted by Gasteiger charge is 2.60. The molecule has 3 fully saturated rings. The Balaban J connectivity index is 1.16. The molecule has 4 atom stereocenters. The van der Waals surface area contributed by atoms with E-state index in [4.69, 9.17) is 31.0 Å². The first-order chi connectivity index (χ1) is 22.8. The van der Waals surface area contributed by atoms with Crippen LogP contribution in [0.2, 0.25) is 0 Å². The number of nitrogens with zero attached hydrogens (tertiary/aromatic N) is 3. The highest BCUT2D eigenvalue weighted by atomic mass is 32.3. The highest BCUT2D eigenvalue weighted by Crippen LogP contribution is 2.59. The number of oxime groups is 1. The molecule has 18 nitrogen and oxygen atoms in total. The van der Waals surface area contributed by atoms with E-state index in [0.717, 1.165) is 36.2 Å². The van der Waals surface area contributed by atoms with Crippen LogP contribution in [0.5, 0.6) is 5.75 Å². The number of carbonyl (C=O) groups excluding carboxylic acids is 2. The third-order valence-electron chi connectivity index (χ3n) is 9.67. The molecule has 3 heterocycles. The van der Waals surface area contributed by atoms with Crippen LogP contribution < -0.4 is 26.8 Å². The van der Waals surface area contributed by atoms with Gasteiger partial charge >= 0.3 is 16.4 Å². The van der Waals surface area contributed by atoms with Crippen LogP contribution in [0, 0.1) is 10.8 Å².